The minimum atomic E-state index is 1.05. The number of rotatable bonds is 1. The molecule has 2 aromatic rings. The lowest BCUT2D eigenvalue weighted by Crippen LogP contribution is -1.83. The van der Waals surface area contributed by atoms with Crippen LogP contribution >= 0.6 is 0 Å². The fourth-order valence-corrected chi connectivity index (χ4v) is 1.26. The molecule has 0 N–H and O–H groups in total. The van der Waals surface area contributed by atoms with Crippen molar-refractivity contribution in [2.45, 2.75) is 13.3 Å². The van der Waals surface area contributed by atoms with Gasteiger partial charge in [-0.1, -0.05) is 13.0 Å². The highest BCUT2D eigenvalue weighted by molar-refractivity contribution is 5.53. The molecule has 0 aromatic carbocycles. The van der Waals surface area contributed by atoms with Crippen LogP contribution in [0.2, 0.25) is 0 Å². The van der Waals surface area contributed by atoms with Gasteiger partial charge < -0.3 is 0 Å². The lowest BCUT2D eigenvalue weighted by Gasteiger charge is -1.92. The second kappa shape index (κ2) is 2.38. The molecule has 2 heteroatoms. The molecule has 0 saturated heterocycles. The molecule has 11 heavy (non-hydrogen) atoms. The van der Waals surface area contributed by atoms with Gasteiger partial charge >= 0.3 is 0 Å². The highest BCUT2D eigenvalue weighted by atomic mass is 15.2. The van der Waals surface area contributed by atoms with Crippen molar-refractivity contribution in [1.29, 1.82) is 0 Å². The minimum Gasteiger partial charge on any atom is -0.241 e. The summed E-state index contributed by atoms with van der Waals surface area (Å²) in [5, 5.41) is 4.21. The van der Waals surface area contributed by atoms with E-state index in [9.17, 15) is 0 Å². The molecule has 0 aliphatic rings. The summed E-state index contributed by atoms with van der Waals surface area (Å²) in [6.45, 7) is 2.14. The number of fused-ring (bicyclic) bond motifs is 1. The summed E-state index contributed by atoms with van der Waals surface area (Å²) in [6, 6.07) is 6.11. The normalized spacial score (nSPS) is 10.6. The van der Waals surface area contributed by atoms with Gasteiger partial charge in [0.1, 0.15) is 0 Å². The smallest absolute Gasteiger partial charge is 0.0693 e. The predicted octanol–water partition coefficient (Wildman–Crippen LogP) is 1.90. The average Bonchev–Trinajstić information content (AvgIpc) is 2.47. The number of aromatic nitrogens is 2. The third kappa shape index (κ3) is 0.909. The highest BCUT2D eigenvalue weighted by Gasteiger charge is 1.98. The number of aryl methyl sites for hydroxylation is 1. The van der Waals surface area contributed by atoms with Gasteiger partial charge in [-0.25, -0.2) is 4.52 Å². The van der Waals surface area contributed by atoms with Crippen molar-refractivity contribution >= 4 is 5.52 Å². The molecule has 0 atom stereocenters. The second-order valence-corrected chi connectivity index (χ2v) is 2.55. The molecular weight excluding hydrogens is 136 g/mol. The Morgan fingerprint density at radius 2 is 2.36 bits per heavy atom. The van der Waals surface area contributed by atoms with E-state index in [1.807, 2.05) is 29.0 Å². The van der Waals surface area contributed by atoms with Gasteiger partial charge in [-0.3, -0.25) is 0 Å². The van der Waals surface area contributed by atoms with E-state index in [1.165, 1.54) is 11.1 Å². The monoisotopic (exact) mass is 146 g/mol. The Kier molecular flexibility index (Phi) is 1.39. The van der Waals surface area contributed by atoms with Gasteiger partial charge in [-0.15, -0.1) is 0 Å². The lowest BCUT2D eigenvalue weighted by molar-refractivity contribution is 0.961. The van der Waals surface area contributed by atoms with E-state index < -0.39 is 0 Å². The van der Waals surface area contributed by atoms with Gasteiger partial charge in [-0.05, 0) is 24.1 Å². The first-order valence-corrected chi connectivity index (χ1v) is 3.83. The van der Waals surface area contributed by atoms with Crippen LogP contribution in [0.15, 0.2) is 30.6 Å². The van der Waals surface area contributed by atoms with E-state index in [2.05, 4.69) is 18.1 Å². The van der Waals surface area contributed by atoms with E-state index in [1.54, 1.807) is 0 Å². The van der Waals surface area contributed by atoms with Gasteiger partial charge in [0.15, 0.2) is 0 Å². The van der Waals surface area contributed by atoms with Crippen LogP contribution in [-0.4, -0.2) is 9.61 Å². The largest absolute Gasteiger partial charge is 0.241 e. The van der Waals surface area contributed by atoms with E-state index >= 15 is 0 Å². The Hall–Kier alpha value is -1.31. The fraction of sp³-hybridized carbons (Fsp3) is 0.222. The summed E-state index contributed by atoms with van der Waals surface area (Å²) in [5.41, 5.74) is 2.53. The highest BCUT2D eigenvalue weighted by Crippen LogP contribution is 2.09. The molecule has 2 aromatic heterocycles. The van der Waals surface area contributed by atoms with Crippen LogP contribution in [-0.2, 0) is 6.42 Å². The molecule has 0 saturated carbocycles. The van der Waals surface area contributed by atoms with Crippen molar-refractivity contribution in [2.24, 2.45) is 0 Å². The first-order valence-electron chi connectivity index (χ1n) is 3.83. The Bertz CT molecular complexity index is 362. The van der Waals surface area contributed by atoms with Crippen LogP contribution < -0.4 is 0 Å². The Morgan fingerprint density at radius 1 is 1.45 bits per heavy atom. The number of nitrogens with zero attached hydrogens (tertiary/aromatic N) is 2. The van der Waals surface area contributed by atoms with Crippen LogP contribution in [0.25, 0.3) is 5.52 Å². The predicted molar refractivity (Wildman–Crippen MR) is 44.6 cm³/mol. The SMILES string of the molecule is CCc1cnn2ccccc12. The van der Waals surface area contributed by atoms with Crippen LogP contribution in [0, 0.1) is 0 Å². The van der Waals surface area contributed by atoms with Crippen molar-refractivity contribution in [3.05, 3.63) is 36.2 Å². The zero-order valence-corrected chi connectivity index (χ0v) is 6.49. The molecule has 0 aliphatic heterocycles. The van der Waals surface area contributed by atoms with Gasteiger partial charge in [0.05, 0.1) is 11.7 Å². The second-order valence-electron chi connectivity index (χ2n) is 2.55. The maximum Gasteiger partial charge on any atom is 0.0693 e. The first kappa shape index (κ1) is 6.40. The lowest BCUT2D eigenvalue weighted by atomic mass is 10.2. The summed E-state index contributed by atoms with van der Waals surface area (Å²) >= 11 is 0. The molecule has 0 aliphatic carbocycles. The Labute approximate surface area is 65.5 Å². The number of hydrogen-bond acceptors (Lipinski definition) is 1. The Morgan fingerprint density at radius 3 is 3.18 bits per heavy atom. The summed E-state index contributed by atoms with van der Waals surface area (Å²) < 4.78 is 1.90. The molecule has 0 amide bonds. The average molecular weight is 146 g/mol. The van der Waals surface area contributed by atoms with E-state index in [-0.39, 0.29) is 0 Å². The van der Waals surface area contributed by atoms with Crippen molar-refractivity contribution < 1.29 is 0 Å². The molecule has 0 bridgehead atoms. The van der Waals surface area contributed by atoms with Gasteiger partial charge in [0.2, 0.25) is 0 Å². The van der Waals surface area contributed by atoms with Crippen LogP contribution in [0.3, 0.4) is 0 Å². The summed E-state index contributed by atoms with van der Waals surface area (Å²) in [5.74, 6) is 0. The zero-order chi connectivity index (χ0) is 7.68. The topological polar surface area (TPSA) is 17.3 Å². The molecule has 2 nitrogen and oxygen atoms in total. The van der Waals surface area contributed by atoms with Gasteiger partial charge in [0.25, 0.3) is 0 Å². The molecule has 0 radical (unpaired) electrons. The van der Waals surface area contributed by atoms with Crippen molar-refractivity contribution in [3.63, 3.8) is 0 Å². The molecule has 0 spiro atoms. The van der Waals surface area contributed by atoms with Crippen LogP contribution in [0.1, 0.15) is 12.5 Å². The standard InChI is InChI=1S/C9H10N2/c1-2-8-7-10-11-6-4-3-5-9(8)11/h3-7H,2H2,1H3. The van der Waals surface area contributed by atoms with Crippen LogP contribution in [0.5, 0.6) is 0 Å². The van der Waals surface area contributed by atoms with Gasteiger partial charge in [-0.2, -0.15) is 5.10 Å². The summed E-state index contributed by atoms with van der Waals surface area (Å²) in [4.78, 5) is 0. The van der Waals surface area contributed by atoms with Crippen molar-refractivity contribution in [2.75, 3.05) is 0 Å². The van der Waals surface area contributed by atoms with Crippen LogP contribution in [0.4, 0.5) is 0 Å². The maximum atomic E-state index is 4.21. The van der Waals surface area contributed by atoms with Crippen molar-refractivity contribution in [3.8, 4) is 0 Å². The summed E-state index contributed by atoms with van der Waals surface area (Å²) in [6.07, 6.45) is 4.94. The first-order chi connectivity index (χ1) is 5.42. The molecule has 0 unspecified atom stereocenters. The minimum absolute atomic E-state index is 1.05. The molecule has 56 valence electrons. The number of pyridine rings is 1. The zero-order valence-electron chi connectivity index (χ0n) is 6.49. The maximum absolute atomic E-state index is 4.21. The number of hydrogen-bond donors (Lipinski definition) is 0. The summed E-state index contributed by atoms with van der Waals surface area (Å²) in [7, 11) is 0. The van der Waals surface area contributed by atoms with Crippen molar-refractivity contribution in [1.82, 2.24) is 9.61 Å². The molecule has 2 rings (SSSR count). The Balaban J connectivity index is 2.76. The van der Waals surface area contributed by atoms with Gasteiger partial charge in [0, 0.05) is 6.20 Å². The van der Waals surface area contributed by atoms with E-state index in [0.717, 1.165) is 6.42 Å². The third-order valence-corrected chi connectivity index (χ3v) is 1.89. The fourth-order valence-electron chi connectivity index (χ4n) is 1.26. The third-order valence-electron chi connectivity index (χ3n) is 1.89. The van der Waals surface area contributed by atoms with E-state index in [4.69, 9.17) is 0 Å². The van der Waals surface area contributed by atoms with E-state index in [0.29, 0.717) is 0 Å². The molecular formula is C9H10N2. The molecule has 2 heterocycles. The quantitative estimate of drug-likeness (QED) is 0.600. The molecule has 0 fully saturated rings.